The molecule has 0 unspecified atom stereocenters. The molecular formula is C29H22Cl2F3N3O4S. The van der Waals surface area contributed by atoms with Crippen molar-refractivity contribution >= 4 is 51.0 Å². The third-order valence-electron chi connectivity index (χ3n) is 5.80. The monoisotopic (exact) mass is 635 g/mol. The van der Waals surface area contributed by atoms with E-state index >= 15 is 0 Å². The van der Waals surface area contributed by atoms with Crippen molar-refractivity contribution in [2.75, 3.05) is 10.8 Å². The van der Waals surface area contributed by atoms with E-state index in [1.54, 1.807) is 36.4 Å². The van der Waals surface area contributed by atoms with Gasteiger partial charge in [0.1, 0.15) is 18.9 Å². The molecule has 0 saturated heterocycles. The molecule has 0 fully saturated rings. The lowest BCUT2D eigenvalue weighted by Crippen LogP contribution is -2.40. The van der Waals surface area contributed by atoms with Crippen LogP contribution in [0.25, 0.3) is 0 Å². The Hall–Kier alpha value is -4.06. The molecule has 0 atom stereocenters. The first kappa shape index (κ1) is 30.9. The van der Waals surface area contributed by atoms with E-state index in [4.69, 9.17) is 27.9 Å². The fourth-order valence-corrected chi connectivity index (χ4v) is 5.58. The van der Waals surface area contributed by atoms with Gasteiger partial charge in [0.25, 0.3) is 15.9 Å². The first-order valence-corrected chi connectivity index (χ1v) is 14.4. The maximum absolute atomic E-state index is 13.4. The molecule has 0 aliphatic rings. The highest BCUT2D eigenvalue weighted by molar-refractivity contribution is 7.92. The van der Waals surface area contributed by atoms with Crippen LogP contribution >= 0.6 is 23.2 Å². The summed E-state index contributed by atoms with van der Waals surface area (Å²) in [6, 6.07) is 23.2. The molecule has 4 aromatic rings. The van der Waals surface area contributed by atoms with Gasteiger partial charge in [-0.05, 0) is 66.2 Å². The first-order valence-electron chi connectivity index (χ1n) is 12.2. The van der Waals surface area contributed by atoms with Crippen LogP contribution in [0.5, 0.6) is 5.75 Å². The van der Waals surface area contributed by atoms with Crippen molar-refractivity contribution in [1.29, 1.82) is 0 Å². The van der Waals surface area contributed by atoms with Crippen LogP contribution in [0.3, 0.4) is 0 Å². The van der Waals surface area contributed by atoms with Gasteiger partial charge in [-0.2, -0.15) is 18.3 Å². The third-order valence-corrected chi connectivity index (χ3v) is 8.26. The van der Waals surface area contributed by atoms with Crippen LogP contribution in [0, 0.1) is 0 Å². The largest absolute Gasteiger partial charge is 0.489 e. The molecule has 1 N–H and O–H groups in total. The van der Waals surface area contributed by atoms with Gasteiger partial charge in [-0.1, -0.05) is 59.6 Å². The van der Waals surface area contributed by atoms with E-state index in [2.05, 4.69) is 10.5 Å². The number of alkyl halides is 3. The molecule has 4 aromatic carbocycles. The predicted octanol–water partition coefficient (Wildman–Crippen LogP) is 6.94. The second-order valence-electron chi connectivity index (χ2n) is 8.73. The lowest BCUT2D eigenvalue weighted by atomic mass is 10.2. The molecule has 0 aliphatic carbocycles. The minimum Gasteiger partial charge on any atom is -0.489 e. The Balaban J connectivity index is 1.48. The van der Waals surface area contributed by atoms with Crippen molar-refractivity contribution in [2.45, 2.75) is 17.7 Å². The van der Waals surface area contributed by atoms with E-state index < -0.39 is 39.9 Å². The zero-order chi connectivity index (χ0) is 30.3. The fourth-order valence-electron chi connectivity index (χ4n) is 3.67. The van der Waals surface area contributed by atoms with Crippen molar-refractivity contribution in [3.63, 3.8) is 0 Å². The molecule has 0 spiro atoms. The minimum absolute atomic E-state index is 0.244. The van der Waals surface area contributed by atoms with Crippen LogP contribution in [0.2, 0.25) is 10.0 Å². The summed E-state index contributed by atoms with van der Waals surface area (Å²) >= 11 is 12.3. The zero-order valence-electron chi connectivity index (χ0n) is 21.6. The number of carbonyl (C=O) groups excluding carboxylic acids is 1. The number of hydrazone groups is 1. The van der Waals surface area contributed by atoms with Gasteiger partial charge in [-0.25, -0.2) is 13.8 Å². The molecule has 0 aliphatic heterocycles. The van der Waals surface area contributed by atoms with Crippen molar-refractivity contribution < 1.29 is 31.1 Å². The van der Waals surface area contributed by atoms with Crippen LogP contribution in [0.1, 0.15) is 16.7 Å². The van der Waals surface area contributed by atoms with E-state index in [-0.39, 0.29) is 16.5 Å². The second-order valence-corrected chi connectivity index (χ2v) is 11.4. The number of carbonyl (C=O) groups is 1. The van der Waals surface area contributed by atoms with Gasteiger partial charge >= 0.3 is 6.18 Å². The topological polar surface area (TPSA) is 88.1 Å². The van der Waals surface area contributed by atoms with E-state index in [0.717, 1.165) is 17.7 Å². The molecule has 218 valence electrons. The number of benzene rings is 4. The summed E-state index contributed by atoms with van der Waals surface area (Å²) in [5.41, 5.74) is 1.96. The van der Waals surface area contributed by atoms with Crippen LogP contribution in [0.4, 0.5) is 18.9 Å². The summed E-state index contributed by atoms with van der Waals surface area (Å²) in [5, 5.41) is 4.13. The maximum atomic E-state index is 13.4. The number of halogens is 5. The SMILES string of the molecule is O=C(CN(c1cc(C(F)(F)F)ccc1Cl)S(=O)(=O)c1ccccc1)N/N=C/c1ccc(OCc2ccccc2Cl)cc1. The van der Waals surface area contributed by atoms with E-state index in [9.17, 15) is 26.4 Å². The Morgan fingerprint density at radius 3 is 2.24 bits per heavy atom. The number of sulfonamides is 1. The van der Waals surface area contributed by atoms with Crippen molar-refractivity contribution in [2.24, 2.45) is 5.10 Å². The lowest BCUT2D eigenvalue weighted by molar-refractivity contribution is -0.137. The van der Waals surface area contributed by atoms with Gasteiger partial charge < -0.3 is 4.74 Å². The normalized spacial score (nSPS) is 11.8. The molecule has 4 rings (SSSR count). The second kappa shape index (κ2) is 13.3. The first-order chi connectivity index (χ1) is 19.9. The van der Waals surface area contributed by atoms with Crippen LogP contribution in [-0.4, -0.2) is 27.1 Å². The Morgan fingerprint density at radius 1 is 0.905 bits per heavy atom. The number of hydrogen-bond donors (Lipinski definition) is 1. The summed E-state index contributed by atoms with van der Waals surface area (Å²) in [6.07, 6.45) is -3.47. The smallest absolute Gasteiger partial charge is 0.416 e. The minimum atomic E-state index is -4.77. The average Bonchev–Trinajstić information content (AvgIpc) is 2.96. The van der Waals surface area contributed by atoms with Gasteiger partial charge in [0.05, 0.1) is 27.4 Å². The summed E-state index contributed by atoms with van der Waals surface area (Å²) in [5.74, 6) is -0.352. The standard InChI is InChI=1S/C29H22Cl2F3N3O4S/c30-25-9-5-4-6-21(25)19-41-23-13-10-20(11-14-23)17-35-36-28(38)18-37(42(39,40)24-7-2-1-3-8-24)27-16-22(29(32,33)34)12-15-26(27)31/h1-17H,18-19H2,(H,36,38)/b35-17+. The van der Waals surface area contributed by atoms with E-state index in [0.29, 0.717) is 26.7 Å². The Morgan fingerprint density at radius 2 is 1.57 bits per heavy atom. The number of hydrogen-bond acceptors (Lipinski definition) is 5. The predicted molar refractivity (Wildman–Crippen MR) is 155 cm³/mol. The summed E-state index contributed by atoms with van der Waals surface area (Å²) < 4.78 is 73.3. The fraction of sp³-hybridized carbons (Fsp3) is 0.103. The molecule has 0 bridgehead atoms. The van der Waals surface area contributed by atoms with Crippen LogP contribution in [-0.2, 0) is 27.6 Å². The Bertz CT molecular complexity index is 1680. The zero-order valence-corrected chi connectivity index (χ0v) is 23.9. The number of nitrogens with zero attached hydrogens (tertiary/aromatic N) is 2. The van der Waals surface area contributed by atoms with E-state index in [1.807, 2.05) is 18.2 Å². The van der Waals surface area contributed by atoms with Crippen LogP contribution < -0.4 is 14.5 Å². The molecule has 0 radical (unpaired) electrons. The van der Waals surface area contributed by atoms with Gasteiger partial charge in [-0.3, -0.25) is 9.10 Å². The molecular weight excluding hydrogens is 614 g/mol. The summed E-state index contributed by atoms with van der Waals surface area (Å²) in [4.78, 5) is 12.5. The Kier molecular flexibility index (Phi) is 9.77. The molecule has 1 amide bonds. The third kappa shape index (κ3) is 7.81. The number of amides is 1. The highest BCUT2D eigenvalue weighted by Gasteiger charge is 2.34. The highest BCUT2D eigenvalue weighted by atomic mass is 35.5. The number of rotatable bonds is 10. The molecule has 0 aromatic heterocycles. The highest BCUT2D eigenvalue weighted by Crippen LogP contribution is 2.37. The number of ether oxygens (including phenoxy) is 1. The molecule has 0 heterocycles. The van der Waals surface area contributed by atoms with Gasteiger partial charge in [-0.15, -0.1) is 0 Å². The average molecular weight is 636 g/mol. The molecule has 0 saturated carbocycles. The van der Waals surface area contributed by atoms with Crippen molar-refractivity contribution in [3.05, 3.63) is 124 Å². The molecule has 7 nitrogen and oxygen atoms in total. The summed E-state index contributed by atoms with van der Waals surface area (Å²) in [7, 11) is -4.50. The van der Waals surface area contributed by atoms with Crippen LogP contribution in [0.15, 0.2) is 107 Å². The maximum Gasteiger partial charge on any atom is 0.416 e. The summed E-state index contributed by atoms with van der Waals surface area (Å²) in [6.45, 7) is -0.633. The number of anilines is 1. The number of nitrogens with one attached hydrogen (secondary N) is 1. The quantitative estimate of drug-likeness (QED) is 0.151. The van der Waals surface area contributed by atoms with E-state index in [1.165, 1.54) is 30.5 Å². The van der Waals surface area contributed by atoms with Crippen molar-refractivity contribution in [1.82, 2.24) is 5.43 Å². The van der Waals surface area contributed by atoms with Crippen molar-refractivity contribution in [3.8, 4) is 5.75 Å². The molecule has 42 heavy (non-hydrogen) atoms. The Labute approximate surface area is 250 Å². The van der Waals surface area contributed by atoms with Gasteiger partial charge in [0.15, 0.2) is 0 Å². The van der Waals surface area contributed by atoms with Gasteiger partial charge in [0.2, 0.25) is 0 Å². The van der Waals surface area contributed by atoms with Gasteiger partial charge in [0, 0.05) is 10.6 Å². The molecule has 13 heteroatoms. The lowest BCUT2D eigenvalue weighted by Gasteiger charge is -2.25.